The summed E-state index contributed by atoms with van der Waals surface area (Å²) in [5.74, 6) is 2.19. The van der Waals surface area contributed by atoms with E-state index in [-0.39, 0.29) is 0 Å². The molecule has 2 aliphatic rings. The van der Waals surface area contributed by atoms with Gasteiger partial charge in [-0.2, -0.15) is 0 Å². The van der Waals surface area contributed by atoms with E-state index in [0.29, 0.717) is 6.04 Å². The Bertz CT molecular complexity index is 900. The van der Waals surface area contributed by atoms with Crippen LogP contribution in [0.3, 0.4) is 0 Å². The lowest BCUT2D eigenvalue weighted by molar-refractivity contribution is 0.160. The zero-order chi connectivity index (χ0) is 24.7. The van der Waals surface area contributed by atoms with Crippen molar-refractivity contribution < 1.29 is 0 Å². The van der Waals surface area contributed by atoms with E-state index in [0.717, 1.165) is 70.2 Å². The first-order valence-corrected chi connectivity index (χ1v) is 12.7. The summed E-state index contributed by atoms with van der Waals surface area (Å²) in [6.45, 7) is 15.5. The Morgan fingerprint density at radius 3 is 2.59 bits per heavy atom. The quantitative estimate of drug-likeness (QED) is 0.521. The molecule has 3 rings (SSSR count). The number of hydrogen-bond acceptors (Lipinski definition) is 6. The topological polar surface area (TPSA) is 43.1 Å². The highest BCUT2D eigenvalue weighted by atomic mass is 15.3. The highest BCUT2D eigenvalue weighted by Gasteiger charge is 2.28. The SMILES string of the molecule is C=C/C=C(/N1CCN(CCN(C)C)CC1)n1cc(CN(C)C2CCC/C(=C/C)C2=NC)nc1C. The molecule has 2 fully saturated rings. The molecule has 1 saturated heterocycles. The summed E-state index contributed by atoms with van der Waals surface area (Å²) in [6.07, 6.45) is 12.0. The maximum Gasteiger partial charge on any atom is 0.114 e. The van der Waals surface area contributed by atoms with Crippen LogP contribution in [0, 0.1) is 6.92 Å². The van der Waals surface area contributed by atoms with Gasteiger partial charge in [-0.1, -0.05) is 18.7 Å². The summed E-state index contributed by atoms with van der Waals surface area (Å²) < 4.78 is 2.24. The second-order valence-corrected chi connectivity index (χ2v) is 9.79. The molecule has 0 bridgehead atoms. The van der Waals surface area contributed by atoms with E-state index < -0.39 is 0 Å². The molecule has 0 spiro atoms. The predicted molar refractivity (Wildman–Crippen MR) is 144 cm³/mol. The number of aliphatic imine (C=N–C) groups is 1. The molecule has 1 aromatic rings. The van der Waals surface area contributed by atoms with Crippen molar-refractivity contribution in [1.82, 2.24) is 29.2 Å². The molecule has 1 aliphatic carbocycles. The second-order valence-electron chi connectivity index (χ2n) is 9.79. The smallest absolute Gasteiger partial charge is 0.114 e. The lowest BCUT2D eigenvalue weighted by atomic mass is 9.87. The molecule has 1 aromatic heterocycles. The summed E-state index contributed by atoms with van der Waals surface area (Å²) in [4.78, 5) is 19.3. The third kappa shape index (κ3) is 6.46. The van der Waals surface area contributed by atoms with Gasteiger partial charge < -0.3 is 9.80 Å². The maximum atomic E-state index is 4.95. The van der Waals surface area contributed by atoms with E-state index in [9.17, 15) is 0 Å². The van der Waals surface area contributed by atoms with Crippen molar-refractivity contribution in [2.75, 3.05) is 67.5 Å². The summed E-state index contributed by atoms with van der Waals surface area (Å²) in [5, 5.41) is 0. The molecular formula is C27H45N7. The number of aromatic nitrogens is 2. The van der Waals surface area contributed by atoms with Gasteiger partial charge in [-0.3, -0.25) is 19.4 Å². The largest absolute Gasteiger partial charge is 0.355 e. The van der Waals surface area contributed by atoms with Crippen molar-refractivity contribution >= 4 is 11.5 Å². The van der Waals surface area contributed by atoms with Crippen LogP contribution in [0.25, 0.3) is 5.82 Å². The number of hydrogen-bond donors (Lipinski definition) is 0. The van der Waals surface area contributed by atoms with Crippen molar-refractivity contribution in [3.05, 3.63) is 48.1 Å². The molecule has 0 N–H and O–H groups in total. The normalized spacial score (nSPS) is 23.0. The Morgan fingerprint density at radius 2 is 1.97 bits per heavy atom. The second kappa shape index (κ2) is 12.5. The van der Waals surface area contributed by atoms with E-state index in [2.05, 4.69) is 89.1 Å². The van der Waals surface area contributed by atoms with Crippen LogP contribution in [0.1, 0.15) is 37.7 Å². The molecule has 0 amide bonds. The van der Waals surface area contributed by atoms with Gasteiger partial charge in [0.05, 0.1) is 17.4 Å². The molecule has 7 nitrogen and oxygen atoms in total. The standard InChI is InChI=1S/C27H45N7/c1-8-11-26(33-18-16-32(17-19-33)15-14-30(5)6)34-21-24(29-22(34)3)20-31(7)25-13-10-12-23(9-2)27(25)28-4/h8-9,11,21,25H,1,10,12-20H2,2-7H3/b23-9-,26-11-,28-27?. The summed E-state index contributed by atoms with van der Waals surface area (Å²) in [6, 6.07) is 0.355. The minimum atomic E-state index is 0.355. The molecule has 1 atom stereocenters. The first-order valence-electron chi connectivity index (χ1n) is 12.7. The number of aryl methyl sites for hydroxylation is 1. The molecule has 2 heterocycles. The molecule has 7 heteroatoms. The van der Waals surface area contributed by atoms with Gasteiger partial charge >= 0.3 is 0 Å². The fourth-order valence-corrected chi connectivity index (χ4v) is 5.17. The van der Waals surface area contributed by atoms with Crippen molar-refractivity contribution in [3.63, 3.8) is 0 Å². The van der Waals surface area contributed by atoms with E-state index in [4.69, 9.17) is 4.98 Å². The number of imidazole rings is 1. The van der Waals surface area contributed by atoms with Crippen LogP contribution in [0.4, 0.5) is 0 Å². The van der Waals surface area contributed by atoms with Crippen molar-refractivity contribution in [2.24, 2.45) is 4.99 Å². The monoisotopic (exact) mass is 467 g/mol. The molecule has 34 heavy (non-hydrogen) atoms. The Hall–Kier alpha value is -2.22. The van der Waals surface area contributed by atoms with E-state index in [1.807, 2.05) is 13.1 Å². The highest BCUT2D eigenvalue weighted by Crippen LogP contribution is 2.26. The summed E-state index contributed by atoms with van der Waals surface area (Å²) in [7, 11) is 8.41. The third-order valence-electron chi connectivity index (χ3n) is 7.11. The van der Waals surface area contributed by atoms with Crippen LogP contribution in [0.5, 0.6) is 0 Å². The number of allylic oxidation sites excluding steroid dienone is 3. The van der Waals surface area contributed by atoms with E-state index in [1.54, 1.807) is 0 Å². The Labute approximate surface area is 207 Å². The minimum absolute atomic E-state index is 0.355. The van der Waals surface area contributed by atoms with Crippen LogP contribution in [-0.4, -0.2) is 108 Å². The molecule has 188 valence electrons. The Balaban J connectivity index is 1.70. The summed E-state index contributed by atoms with van der Waals surface area (Å²) in [5.41, 5.74) is 3.74. The van der Waals surface area contributed by atoms with Gasteiger partial charge in [0.2, 0.25) is 0 Å². The van der Waals surface area contributed by atoms with Gasteiger partial charge in [0.15, 0.2) is 0 Å². The Kier molecular flexibility index (Phi) is 9.68. The van der Waals surface area contributed by atoms with Crippen LogP contribution < -0.4 is 0 Å². The minimum Gasteiger partial charge on any atom is -0.355 e. The third-order valence-corrected chi connectivity index (χ3v) is 7.11. The van der Waals surface area contributed by atoms with Crippen LogP contribution >= 0.6 is 0 Å². The van der Waals surface area contributed by atoms with Crippen LogP contribution in [0.2, 0.25) is 0 Å². The van der Waals surface area contributed by atoms with Gasteiger partial charge in [0.1, 0.15) is 11.6 Å². The molecule has 0 radical (unpaired) electrons. The van der Waals surface area contributed by atoms with Crippen LogP contribution in [-0.2, 0) is 6.54 Å². The van der Waals surface area contributed by atoms with E-state index >= 15 is 0 Å². The first-order chi connectivity index (χ1) is 16.4. The maximum absolute atomic E-state index is 4.95. The van der Waals surface area contributed by atoms with E-state index in [1.165, 1.54) is 23.5 Å². The lowest BCUT2D eigenvalue weighted by Crippen LogP contribution is -2.47. The Morgan fingerprint density at radius 1 is 1.24 bits per heavy atom. The number of likely N-dealkylation sites (N-methyl/N-ethyl adjacent to an activating group) is 1. The van der Waals surface area contributed by atoms with Gasteiger partial charge in [-0.25, -0.2) is 4.98 Å². The molecule has 1 aliphatic heterocycles. The molecular weight excluding hydrogens is 422 g/mol. The predicted octanol–water partition coefficient (Wildman–Crippen LogP) is 3.36. The number of rotatable bonds is 9. The van der Waals surface area contributed by atoms with Crippen molar-refractivity contribution in [2.45, 2.75) is 45.7 Å². The van der Waals surface area contributed by atoms with Gasteiger partial charge in [0.25, 0.3) is 0 Å². The fourth-order valence-electron chi connectivity index (χ4n) is 5.17. The van der Waals surface area contributed by atoms with Gasteiger partial charge in [0, 0.05) is 59.1 Å². The average molecular weight is 468 g/mol. The molecule has 1 saturated carbocycles. The lowest BCUT2D eigenvalue weighted by Gasteiger charge is -2.38. The van der Waals surface area contributed by atoms with Crippen molar-refractivity contribution in [1.29, 1.82) is 0 Å². The summed E-state index contributed by atoms with van der Waals surface area (Å²) >= 11 is 0. The van der Waals surface area contributed by atoms with Gasteiger partial charge in [-0.05, 0) is 65.9 Å². The van der Waals surface area contributed by atoms with Gasteiger partial charge in [-0.15, -0.1) is 0 Å². The molecule has 0 aromatic carbocycles. The number of nitrogens with zero attached hydrogens (tertiary/aromatic N) is 7. The zero-order valence-electron chi connectivity index (χ0n) is 22.3. The van der Waals surface area contributed by atoms with Crippen molar-refractivity contribution in [3.8, 4) is 0 Å². The first kappa shape index (κ1) is 26.4. The highest BCUT2D eigenvalue weighted by molar-refractivity contribution is 6.04. The average Bonchev–Trinajstić information content (AvgIpc) is 3.20. The zero-order valence-corrected chi connectivity index (χ0v) is 22.3. The fraction of sp³-hybridized carbons (Fsp3) is 0.630. The van der Waals surface area contributed by atoms with Crippen LogP contribution in [0.15, 0.2) is 41.6 Å². The molecule has 1 unspecified atom stereocenters. The number of piperazine rings is 1.